The Balaban J connectivity index is 1.92. The number of hydrogen-bond donors (Lipinski definition) is 0. The van der Waals surface area contributed by atoms with Gasteiger partial charge in [-0.1, -0.05) is 35.6 Å². The van der Waals surface area contributed by atoms with Crippen molar-refractivity contribution in [2.24, 2.45) is 4.99 Å². The highest BCUT2D eigenvalue weighted by molar-refractivity contribution is 7.10. The molecule has 0 N–H and O–H groups in total. The fourth-order valence-corrected chi connectivity index (χ4v) is 5.36. The number of para-hydroxylation sites is 1. The molecule has 2 aromatic heterocycles. The number of carbonyl (C=O) groups is 2. The molecule has 7 nitrogen and oxygen atoms in total. The molecular formula is C23H20N2O5S2. The Morgan fingerprint density at radius 2 is 2.00 bits per heavy atom. The lowest BCUT2D eigenvalue weighted by Crippen LogP contribution is -2.39. The summed E-state index contributed by atoms with van der Waals surface area (Å²) in [5.41, 5.74) is 1.20. The van der Waals surface area contributed by atoms with Gasteiger partial charge >= 0.3 is 11.9 Å². The van der Waals surface area contributed by atoms with Crippen LogP contribution in [0.15, 0.2) is 62.8 Å². The largest absolute Gasteiger partial charge is 0.463 e. The van der Waals surface area contributed by atoms with Crippen molar-refractivity contribution in [2.45, 2.75) is 26.8 Å². The van der Waals surface area contributed by atoms with Crippen molar-refractivity contribution in [3.8, 4) is 5.75 Å². The molecule has 0 saturated carbocycles. The lowest BCUT2D eigenvalue weighted by molar-refractivity contribution is -0.139. The Hall–Kier alpha value is -3.30. The average molecular weight is 469 g/mol. The first-order valence-corrected chi connectivity index (χ1v) is 11.6. The van der Waals surface area contributed by atoms with Gasteiger partial charge in [0.2, 0.25) is 0 Å². The Kier molecular flexibility index (Phi) is 6.20. The van der Waals surface area contributed by atoms with Gasteiger partial charge in [-0.3, -0.25) is 14.2 Å². The van der Waals surface area contributed by atoms with E-state index in [4.69, 9.17) is 9.47 Å². The minimum Gasteiger partial charge on any atom is -0.463 e. The number of ether oxygens (including phenoxy) is 2. The van der Waals surface area contributed by atoms with Gasteiger partial charge in [-0.25, -0.2) is 9.79 Å². The van der Waals surface area contributed by atoms with Gasteiger partial charge in [0.1, 0.15) is 11.8 Å². The van der Waals surface area contributed by atoms with Crippen LogP contribution in [0.5, 0.6) is 5.75 Å². The summed E-state index contributed by atoms with van der Waals surface area (Å²) >= 11 is 2.68. The van der Waals surface area contributed by atoms with E-state index in [0.717, 1.165) is 4.88 Å². The fourth-order valence-electron chi connectivity index (χ4n) is 3.50. The Morgan fingerprint density at radius 3 is 2.69 bits per heavy atom. The predicted octanol–water partition coefficient (Wildman–Crippen LogP) is 2.79. The lowest BCUT2D eigenvalue weighted by atomic mass is 10.0. The molecule has 1 atom stereocenters. The minimum atomic E-state index is -0.615. The number of carbonyl (C=O) groups excluding carboxylic acids is 2. The second-order valence-electron chi connectivity index (χ2n) is 6.95. The maximum Gasteiger partial charge on any atom is 0.338 e. The van der Waals surface area contributed by atoms with Gasteiger partial charge in [0, 0.05) is 17.4 Å². The molecule has 0 aliphatic carbocycles. The third kappa shape index (κ3) is 4.09. The van der Waals surface area contributed by atoms with Gasteiger partial charge < -0.3 is 9.47 Å². The first-order valence-electron chi connectivity index (χ1n) is 9.91. The normalized spacial score (nSPS) is 15.8. The molecule has 3 aromatic rings. The summed E-state index contributed by atoms with van der Waals surface area (Å²) in [5, 5.41) is 1.90. The average Bonchev–Trinajstić information content (AvgIpc) is 3.37. The van der Waals surface area contributed by atoms with Gasteiger partial charge in [-0.15, -0.1) is 11.3 Å². The monoisotopic (exact) mass is 468 g/mol. The van der Waals surface area contributed by atoms with E-state index in [0.29, 0.717) is 31.9 Å². The lowest BCUT2D eigenvalue weighted by Gasteiger charge is -2.23. The van der Waals surface area contributed by atoms with E-state index >= 15 is 0 Å². The molecule has 0 saturated heterocycles. The molecule has 0 fully saturated rings. The molecule has 32 heavy (non-hydrogen) atoms. The van der Waals surface area contributed by atoms with Crippen LogP contribution < -0.4 is 19.6 Å². The molecule has 0 radical (unpaired) electrons. The summed E-state index contributed by atoms with van der Waals surface area (Å²) in [5.74, 6) is -0.564. The molecule has 0 amide bonds. The van der Waals surface area contributed by atoms with Crippen LogP contribution >= 0.6 is 22.7 Å². The number of thiazole rings is 1. The van der Waals surface area contributed by atoms with Crippen molar-refractivity contribution in [3.63, 3.8) is 0 Å². The second kappa shape index (κ2) is 9.05. The number of thiophene rings is 1. The van der Waals surface area contributed by atoms with E-state index in [1.807, 2.05) is 17.5 Å². The number of esters is 2. The second-order valence-corrected chi connectivity index (χ2v) is 8.94. The Labute approximate surface area is 191 Å². The van der Waals surface area contributed by atoms with E-state index in [1.54, 1.807) is 44.2 Å². The smallest absolute Gasteiger partial charge is 0.338 e. The zero-order chi connectivity index (χ0) is 22.8. The number of fused-ring (bicyclic) bond motifs is 1. The van der Waals surface area contributed by atoms with Crippen LogP contribution in [0.3, 0.4) is 0 Å². The fraction of sp³-hybridized carbons (Fsp3) is 0.217. The van der Waals surface area contributed by atoms with Crippen molar-refractivity contribution >= 4 is 40.7 Å². The molecule has 1 aliphatic heterocycles. The Morgan fingerprint density at radius 1 is 1.22 bits per heavy atom. The van der Waals surface area contributed by atoms with Gasteiger partial charge in [-0.05, 0) is 37.4 Å². The van der Waals surface area contributed by atoms with Crippen LogP contribution in [-0.4, -0.2) is 23.1 Å². The molecular weight excluding hydrogens is 448 g/mol. The molecule has 4 rings (SSSR count). The number of aromatic nitrogens is 1. The van der Waals surface area contributed by atoms with Crippen molar-refractivity contribution in [1.29, 1.82) is 0 Å². The quantitative estimate of drug-likeness (QED) is 0.425. The molecule has 0 spiro atoms. The van der Waals surface area contributed by atoms with E-state index in [2.05, 4.69) is 4.99 Å². The highest BCUT2D eigenvalue weighted by Gasteiger charge is 2.33. The summed E-state index contributed by atoms with van der Waals surface area (Å²) in [6.45, 7) is 5.04. The molecule has 0 unspecified atom stereocenters. The first kappa shape index (κ1) is 21.9. The number of benzene rings is 1. The summed E-state index contributed by atoms with van der Waals surface area (Å²) < 4.78 is 12.5. The highest BCUT2D eigenvalue weighted by atomic mass is 32.1. The van der Waals surface area contributed by atoms with Gasteiger partial charge in [0.15, 0.2) is 4.80 Å². The number of nitrogens with zero attached hydrogens (tertiary/aromatic N) is 2. The van der Waals surface area contributed by atoms with Gasteiger partial charge in [0.25, 0.3) is 5.56 Å². The van der Waals surface area contributed by atoms with E-state index in [9.17, 15) is 14.4 Å². The van der Waals surface area contributed by atoms with Crippen molar-refractivity contribution < 1.29 is 19.1 Å². The van der Waals surface area contributed by atoms with Crippen LogP contribution in [0.1, 0.15) is 37.3 Å². The maximum atomic E-state index is 13.5. The predicted molar refractivity (Wildman–Crippen MR) is 122 cm³/mol. The minimum absolute atomic E-state index is 0.226. The van der Waals surface area contributed by atoms with Crippen LogP contribution in [0.25, 0.3) is 6.08 Å². The van der Waals surface area contributed by atoms with Crippen LogP contribution in [-0.2, 0) is 14.3 Å². The van der Waals surface area contributed by atoms with Gasteiger partial charge in [0.05, 0.1) is 22.4 Å². The first-order chi connectivity index (χ1) is 15.4. The summed E-state index contributed by atoms with van der Waals surface area (Å²) in [6.07, 6.45) is 1.68. The molecule has 3 heterocycles. The standard InChI is InChI=1S/C23H20N2O5S2/c1-4-29-22(28)19-13(2)24-23-25(20(19)17-10-7-11-31-17)21(27)18(32-23)12-15-8-5-6-9-16(15)30-14(3)26/h5-12,20H,4H2,1-3H3/b18-12-/t20-/m1/s1. The molecule has 0 bridgehead atoms. The van der Waals surface area contributed by atoms with Crippen LogP contribution in [0.2, 0.25) is 0 Å². The maximum absolute atomic E-state index is 13.5. The van der Waals surface area contributed by atoms with Crippen molar-refractivity contribution in [2.75, 3.05) is 6.61 Å². The molecule has 9 heteroatoms. The van der Waals surface area contributed by atoms with Crippen LogP contribution in [0, 0.1) is 0 Å². The zero-order valence-corrected chi connectivity index (χ0v) is 19.3. The topological polar surface area (TPSA) is 87.0 Å². The Bertz CT molecular complexity index is 1400. The third-order valence-electron chi connectivity index (χ3n) is 4.79. The summed E-state index contributed by atoms with van der Waals surface area (Å²) in [4.78, 5) is 43.6. The molecule has 1 aromatic carbocycles. The van der Waals surface area contributed by atoms with Gasteiger partial charge in [-0.2, -0.15) is 0 Å². The SMILES string of the molecule is CCOC(=O)C1=C(C)N=c2s/c(=C\c3ccccc3OC(C)=O)c(=O)n2[C@@H]1c1cccs1. The number of allylic oxidation sites excluding steroid dienone is 1. The summed E-state index contributed by atoms with van der Waals surface area (Å²) in [7, 11) is 0. The third-order valence-corrected chi connectivity index (χ3v) is 6.70. The van der Waals surface area contributed by atoms with E-state index < -0.39 is 18.0 Å². The molecule has 164 valence electrons. The highest BCUT2D eigenvalue weighted by Crippen LogP contribution is 2.33. The number of hydrogen-bond acceptors (Lipinski definition) is 8. The van der Waals surface area contributed by atoms with Crippen molar-refractivity contribution in [3.05, 3.63) is 83.2 Å². The zero-order valence-electron chi connectivity index (χ0n) is 17.7. The van der Waals surface area contributed by atoms with Crippen molar-refractivity contribution in [1.82, 2.24) is 4.57 Å². The number of rotatable bonds is 5. The summed E-state index contributed by atoms with van der Waals surface area (Å²) in [6, 6.07) is 10.1. The van der Waals surface area contributed by atoms with E-state index in [-0.39, 0.29) is 12.2 Å². The van der Waals surface area contributed by atoms with Crippen LogP contribution in [0.4, 0.5) is 0 Å². The van der Waals surface area contributed by atoms with E-state index in [1.165, 1.54) is 34.2 Å². The molecule has 1 aliphatic rings.